The summed E-state index contributed by atoms with van der Waals surface area (Å²) in [4.78, 5) is 12.2. The van der Waals surface area contributed by atoms with Gasteiger partial charge in [0.05, 0.1) is 6.42 Å². The molecule has 0 bridgehead atoms. The van der Waals surface area contributed by atoms with Crippen LogP contribution in [0.3, 0.4) is 0 Å². The minimum absolute atomic E-state index is 0.0624. The second kappa shape index (κ2) is 5.64. The smallest absolute Gasteiger partial charge is 0.303 e. The van der Waals surface area contributed by atoms with E-state index in [1.165, 1.54) is 4.88 Å². The maximum atomic E-state index is 10.9. The molecule has 2 rings (SSSR count). The average Bonchev–Trinajstić information content (AvgIpc) is 2.82. The molecule has 1 aromatic carbocycles. The number of benzene rings is 1. The zero-order chi connectivity index (χ0) is 12.1. The third-order valence-electron chi connectivity index (χ3n) is 2.72. The van der Waals surface area contributed by atoms with E-state index in [4.69, 9.17) is 5.11 Å². The van der Waals surface area contributed by atoms with Gasteiger partial charge in [0.1, 0.15) is 0 Å². The third-order valence-corrected chi connectivity index (χ3v) is 3.62. The second-order valence-corrected chi connectivity index (χ2v) is 5.02. The highest BCUT2D eigenvalue weighted by Crippen LogP contribution is 2.26. The van der Waals surface area contributed by atoms with E-state index >= 15 is 0 Å². The SMILES string of the molecule is O=C(O)CC(Cc1cccs1)c1ccccc1. The van der Waals surface area contributed by atoms with E-state index in [1.54, 1.807) is 11.3 Å². The number of carboxylic acids is 1. The van der Waals surface area contributed by atoms with Crippen molar-refractivity contribution >= 4 is 17.3 Å². The van der Waals surface area contributed by atoms with Crippen LogP contribution in [0.5, 0.6) is 0 Å². The Morgan fingerprint density at radius 1 is 1.18 bits per heavy atom. The standard InChI is InChI=1S/C14H14O2S/c15-14(16)10-12(9-13-7-4-8-17-13)11-5-2-1-3-6-11/h1-8,12H,9-10H2,(H,15,16). The number of hydrogen-bond donors (Lipinski definition) is 1. The molecule has 0 saturated heterocycles. The quantitative estimate of drug-likeness (QED) is 0.876. The van der Waals surface area contributed by atoms with Crippen LogP contribution in [0.25, 0.3) is 0 Å². The van der Waals surface area contributed by atoms with Crippen LogP contribution in [0.2, 0.25) is 0 Å². The molecule has 0 radical (unpaired) electrons. The predicted molar refractivity (Wildman–Crippen MR) is 69.5 cm³/mol. The normalized spacial score (nSPS) is 12.2. The predicted octanol–water partition coefficient (Wildman–Crippen LogP) is 3.55. The number of aliphatic carboxylic acids is 1. The number of rotatable bonds is 5. The Morgan fingerprint density at radius 2 is 1.94 bits per heavy atom. The summed E-state index contributed by atoms with van der Waals surface area (Å²) in [5, 5.41) is 11.0. The summed E-state index contributed by atoms with van der Waals surface area (Å²) in [6, 6.07) is 13.9. The summed E-state index contributed by atoms with van der Waals surface area (Å²) in [6.07, 6.45) is 0.982. The van der Waals surface area contributed by atoms with Gasteiger partial charge in [-0.25, -0.2) is 0 Å². The number of carboxylic acid groups (broad SMARTS) is 1. The molecule has 2 nitrogen and oxygen atoms in total. The lowest BCUT2D eigenvalue weighted by Gasteiger charge is -2.14. The molecule has 0 spiro atoms. The van der Waals surface area contributed by atoms with Gasteiger partial charge in [-0.3, -0.25) is 4.79 Å². The number of carbonyl (C=O) groups is 1. The fourth-order valence-corrected chi connectivity index (χ4v) is 2.70. The molecule has 1 aromatic heterocycles. The van der Waals surface area contributed by atoms with Crippen LogP contribution in [-0.4, -0.2) is 11.1 Å². The highest BCUT2D eigenvalue weighted by atomic mass is 32.1. The molecule has 88 valence electrons. The highest BCUT2D eigenvalue weighted by molar-refractivity contribution is 7.09. The van der Waals surface area contributed by atoms with E-state index < -0.39 is 5.97 Å². The van der Waals surface area contributed by atoms with Gasteiger partial charge in [-0.1, -0.05) is 36.4 Å². The van der Waals surface area contributed by atoms with E-state index in [9.17, 15) is 4.79 Å². The average molecular weight is 246 g/mol. The Kier molecular flexibility index (Phi) is 3.94. The van der Waals surface area contributed by atoms with Gasteiger partial charge in [-0.2, -0.15) is 0 Å². The molecule has 0 aliphatic carbocycles. The van der Waals surface area contributed by atoms with Crippen molar-refractivity contribution in [1.82, 2.24) is 0 Å². The zero-order valence-corrected chi connectivity index (χ0v) is 10.2. The molecule has 1 atom stereocenters. The molecule has 2 aromatic rings. The van der Waals surface area contributed by atoms with Gasteiger partial charge in [0, 0.05) is 4.88 Å². The van der Waals surface area contributed by atoms with Crippen LogP contribution in [-0.2, 0) is 11.2 Å². The van der Waals surface area contributed by atoms with E-state index in [0.717, 1.165) is 12.0 Å². The lowest BCUT2D eigenvalue weighted by Crippen LogP contribution is -2.08. The Labute approximate surface area is 105 Å². The van der Waals surface area contributed by atoms with Crippen molar-refractivity contribution in [3.05, 3.63) is 58.3 Å². The first-order valence-electron chi connectivity index (χ1n) is 5.55. The van der Waals surface area contributed by atoms with Gasteiger partial charge in [0.25, 0.3) is 0 Å². The van der Waals surface area contributed by atoms with E-state index in [-0.39, 0.29) is 12.3 Å². The van der Waals surface area contributed by atoms with Crippen molar-refractivity contribution in [2.75, 3.05) is 0 Å². The van der Waals surface area contributed by atoms with Gasteiger partial charge in [0.2, 0.25) is 0 Å². The molecule has 1 unspecified atom stereocenters. The first kappa shape index (κ1) is 11.9. The van der Waals surface area contributed by atoms with Crippen LogP contribution in [0, 0.1) is 0 Å². The Morgan fingerprint density at radius 3 is 2.53 bits per heavy atom. The van der Waals surface area contributed by atoms with Crippen molar-refractivity contribution in [3.8, 4) is 0 Å². The summed E-state index contributed by atoms with van der Waals surface area (Å²) in [5.41, 5.74) is 1.10. The summed E-state index contributed by atoms with van der Waals surface area (Å²) >= 11 is 1.68. The van der Waals surface area contributed by atoms with E-state index in [1.807, 2.05) is 41.8 Å². The van der Waals surface area contributed by atoms with Crippen LogP contribution in [0.15, 0.2) is 47.8 Å². The van der Waals surface area contributed by atoms with Crippen LogP contribution >= 0.6 is 11.3 Å². The molecule has 17 heavy (non-hydrogen) atoms. The topological polar surface area (TPSA) is 37.3 Å². The van der Waals surface area contributed by atoms with E-state index in [2.05, 4.69) is 6.07 Å². The van der Waals surface area contributed by atoms with Gasteiger partial charge in [-0.05, 0) is 29.3 Å². The maximum Gasteiger partial charge on any atom is 0.303 e. The minimum Gasteiger partial charge on any atom is -0.481 e. The summed E-state index contributed by atoms with van der Waals surface area (Å²) < 4.78 is 0. The molecule has 0 amide bonds. The van der Waals surface area contributed by atoms with Crippen LogP contribution in [0.1, 0.15) is 22.8 Å². The van der Waals surface area contributed by atoms with Crippen LogP contribution in [0.4, 0.5) is 0 Å². The molecular weight excluding hydrogens is 232 g/mol. The Balaban J connectivity index is 2.16. The maximum absolute atomic E-state index is 10.9. The van der Waals surface area contributed by atoms with Crippen molar-refractivity contribution < 1.29 is 9.90 Å². The summed E-state index contributed by atoms with van der Waals surface area (Å²) in [6.45, 7) is 0. The van der Waals surface area contributed by atoms with Gasteiger partial charge >= 0.3 is 5.97 Å². The molecular formula is C14H14O2S. The molecule has 3 heteroatoms. The number of hydrogen-bond acceptors (Lipinski definition) is 2. The first-order chi connectivity index (χ1) is 8.25. The van der Waals surface area contributed by atoms with Gasteiger partial charge in [0.15, 0.2) is 0 Å². The molecule has 0 aliphatic heterocycles. The van der Waals surface area contributed by atoms with Crippen LogP contribution < -0.4 is 0 Å². The number of thiophene rings is 1. The van der Waals surface area contributed by atoms with Crippen molar-refractivity contribution in [2.24, 2.45) is 0 Å². The summed E-state index contributed by atoms with van der Waals surface area (Å²) in [7, 11) is 0. The lowest BCUT2D eigenvalue weighted by atomic mass is 9.92. The second-order valence-electron chi connectivity index (χ2n) is 3.99. The van der Waals surface area contributed by atoms with Gasteiger partial charge < -0.3 is 5.11 Å². The lowest BCUT2D eigenvalue weighted by molar-refractivity contribution is -0.137. The van der Waals surface area contributed by atoms with Crippen molar-refractivity contribution in [2.45, 2.75) is 18.8 Å². The fourth-order valence-electron chi connectivity index (χ4n) is 1.92. The third kappa shape index (κ3) is 3.43. The van der Waals surface area contributed by atoms with Gasteiger partial charge in [-0.15, -0.1) is 11.3 Å². The molecule has 0 fully saturated rings. The Bertz CT molecular complexity index is 462. The highest BCUT2D eigenvalue weighted by Gasteiger charge is 2.16. The van der Waals surface area contributed by atoms with Crippen molar-refractivity contribution in [3.63, 3.8) is 0 Å². The fraction of sp³-hybridized carbons (Fsp3) is 0.214. The van der Waals surface area contributed by atoms with Crippen molar-refractivity contribution in [1.29, 1.82) is 0 Å². The summed E-state index contributed by atoms with van der Waals surface area (Å²) in [5.74, 6) is -0.678. The molecule has 0 aliphatic rings. The molecule has 1 N–H and O–H groups in total. The largest absolute Gasteiger partial charge is 0.481 e. The molecule has 1 heterocycles. The Hall–Kier alpha value is -1.61. The monoisotopic (exact) mass is 246 g/mol. The molecule has 0 saturated carbocycles. The minimum atomic E-state index is -0.740. The zero-order valence-electron chi connectivity index (χ0n) is 9.37. The van der Waals surface area contributed by atoms with E-state index in [0.29, 0.717) is 0 Å². The first-order valence-corrected chi connectivity index (χ1v) is 6.43.